The number of carbonyl (C=O) groups is 1. The highest BCUT2D eigenvalue weighted by atomic mass is 35.5. The van der Waals surface area contributed by atoms with E-state index in [-0.39, 0.29) is 5.02 Å². The average molecular weight is 300 g/mol. The predicted molar refractivity (Wildman–Crippen MR) is 76.1 cm³/mol. The van der Waals surface area contributed by atoms with Crippen molar-refractivity contribution in [2.45, 2.75) is 32.2 Å². The Morgan fingerprint density at radius 2 is 2.25 bits per heavy atom. The summed E-state index contributed by atoms with van der Waals surface area (Å²) in [6.07, 6.45) is 2.34. The largest absolute Gasteiger partial charge is 0.464 e. The van der Waals surface area contributed by atoms with E-state index in [2.05, 4.69) is 5.32 Å². The summed E-state index contributed by atoms with van der Waals surface area (Å²) in [6, 6.07) is 4.05. The van der Waals surface area contributed by atoms with Crippen LogP contribution in [0.5, 0.6) is 0 Å². The number of benzene rings is 1. The summed E-state index contributed by atoms with van der Waals surface area (Å²) in [6.45, 7) is 4.50. The van der Waals surface area contributed by atoms with E-state index in [1.54, 1.807) is 13.8 Å². The molecule has 110 valence electrons. The minimum Gasteiger partial charge on any atom is -0.464 e. The van der Waals surface area contributed by atoms with E-state index in [9.17, 15) is 9.18 Å². The van der Waals surface area contributed by atoms with Gasteiger partial charge < -0.3 is 4.74 Å². The van der Waals surface area contributed by atoms with Crippen LogP contribution in [0, 0.1) is 11.7 Å². The van der Waals surface area contributed by atoms with Gasteiger partial charge in [-0.15, -0.1) is 0 Å². The number of ether oxygens (including phenoxy) is 1. The molecule has 3 nitrogen and oxygen atoms in total. The molecule has 1 unspecified atom stereocenters. The molecule has 0 radical (unpaired) electrons. The fourth-order valence-electron chi connectivity index (χ4n) is 2.12. The maximum Gasteiger partial charge on any atom is 0.330 e. The van der Waals surface area contributed by atoms with E-state index in [4.69, 9.17) is 16.3 Å². The van der Waals surface area contributed by atoms with Crippen molar-refractivity contribution in [3.63, 3.8) is 0 Å². The number of halogens is 2. The third-order valence-electron chi connectivity index (χ3n) is 3.59. The second-order valence-electron chi connectivity index (χ2n) is 5.29. The lowest BCUT2D eigenvalue weighted by molar-refractivity contribution is -0.151. The van der Waals surface area contributed by atoms with Crippen molar-refractivity contribution >= 4 is 17.6 Å². The third kappa shape index (κ3) is 3.30. The van der Waals surface area contributed by atoms with Gasteiger partial charge >= 0.3 is 5.97 Å². The fourth-order valence-corrected chi connectivity index (χ4v) is 2.47. The minimum atomic E-state index is -1.05. The Bertz CT molecular complexity index is 505. The SMILES string of the molecule is CCOC(=O)C(C)(NCC1CC1)c1ccc(F)cc1Cl. The van der Waals surface area contributed by atoms with Crippen molar-refractivity contribution in [1.82, 2.24) is 5.32 Å². The van der Waals surface area contributed by atoms with Crippen LogP contribution in [-0.4, -0.2) is 19.1 Å². The summed E-state index contributed by atoms with van der Waals surface area (Å²) in [4.78, 5) is 12.3. The first-order chi connectivity index (χ1) is 9.47. The standard InChI is InChI=1S/C15H19ClFNO2/c1-3-20-14(19)15(2,18-9-10-4-5-10)12-7-6-11(17)8-13(12)16/h6-8,10,18H,3-5,9H2,1-2H3. The number of hydrogen-bond acceptors (Lipinski definition) is 3. The molecule has 5 heteroatoms. The van der Waals surface area contributed by atoms with E-state index in [1.165, 1.54) is 31.0 Å². The molecule has 1 atom stereocenters. The molecule has 1 aliphatic carbocycles. The summed E-state index contributed by atoms with van der Waals surface area (Å²) in [5, 5.41) is 3.46. The lowest BCUT2D eigenvalue weighted by atomic mass is 9.91. The molecule has 2 rings (SSSR count). The van der Waals surface area contributed by atoms with E-state index < -0.39 is 17.3 Å². The maximum atomic E-state index is 13.2. The number of rotatable bonds is 6. The Kier molecular flexibility index (Phi) is 4.66. The molecule has 0 saturated heterocycles. The zero-order valence-corrected chi connectivity index (χ0v) is 12.5. The second kappa shape index (κ2) is 6.10. The first kappa shape index (κ1) is 15.3. The zero-order chi connectivity index (χ0) is 14.8. The van der Waals surface area contributed by atoms with Crippen LogP contribution in [-0.2, 0) is 15.1 Å². The van der Waals surface area contributed by atoms with Crippen LogP contribution in [0.3, 0.4) is 0 Å². The zero-order valence-electron chi connectivity index (χ0n) is 11.7. The number of carbonyl (C=O) groups excluding carboxylic acids is 1. The van der Waals surface area contributed by atoms with Gasteiger partial charge in [0.1, 0.15) is 11.4 Å². The van der Waals surface area contributed by atoms with Crippen molar-refractivity contribution in [2.75, 3.05) is 13.2 Å². The molecule has 0 heterocycles. The van der Waals surface area contributed by atoms with Gasteiger partial charge in [0.2, 0.25) is 0 Å². The Labute approximate surface area is 123 Å². The van der Waals surface area contributed by atoms with Crippen LogP contribution >= 0.6 is 11.6 Å². The number of nitrogens with one attached hydrogen (secondary N) is 1. The summed E-state index contributed by atoms with van der Waals surface area (Å²) >= 11 is 6.10. The highest BCUT2D eigenvalue weighted by molar-refractivity contribution is 6.31. The van der Waals surface area contributed by atoms with Crippen molar-refractivity contribution in [2.24, 2.45) is 5.92 Å². The summed E-state index contributed by atoms with van der Waals surface area (Å²) in [5.74, 6) is -0.218. The molecule has 0 bridgehead atoms. The number of esters is 1. The lowest BCUT2D eigenvalue weighted by Gasteiger charge is -2.30. The molecule has 1 fully saturated rings. The fraction of sp³-hybridized carbons (Fsp3) is 0.533. The molecule has 1 aromatic rings. The van der Waals surface area contributed by atoms with Crippen LogP contribution in [0.15, 0.2) is 18.2 Å². The molecule has 0 aromatic heterocycles. The van der Waals surface area contributed by atoms with Gasteiger partial charge in [-0.2, -0.15) is 0 Å². The second-order valence-corrected chi connectivity index (χ2v) is 5.70. The van der Waals surface area contributed by atoms with Gasteiger partial charge in [-0.3, -0.25) is 5.32 Å². The van der Waals surface area contributed by atoms with Gasteiger partial charge in [0, 0.05) is 10.6 Å². The smallest absolute Gasteiger partial charge is 0.330 e. The van der Waals surface area contributed by atoms with Crippen LogP contribution in [0.25, 0.3) is 0 Å². The Balaban J connectivity index is 2.29. The van der Waals surface area contributed by atoms with Gasteiger partial charge in [0.25, 0.3) is 0 Å². The van der Waals surface area contributed by atoms with E-state index in [1.807, 2.05) is 0 Å². The summed E-state index contributed by atoms with van der Waals surface area (Å²) in [7, 11) is 0. The van der Waals surface area contributed by atoms with E-state index in [0.29, 0.717) is 18.1 Å². The average Bonchev–Trinajstić information content (AvgIpc) is 3.20. The lowest BCUT2D eigenvalue weighted by Crippen LogP contribution is -2.48. The maximum absolute atomic E-state index is 13.2. The molecular formula is C15H19ClFNO2. The monoisotopic (exact) mass is 299 g/mol. The summed E-state index contributed by atoms with van der Waals surface area (Å²) in [5.41, 5.74) is -0.511. The molecule has 1 aromatic carbocycles. The van der Waals surface area contributed by atoms with Gasteiger partial charge in [-0.1, -0.05) is 17.7 Å². The highest BCUT2D eigenvalue weighted by Crippen LogP contribution is 2.33. The van der Waals surface area contributed by atoms with Crippen LogP contribution in [0.1, 0.15) is 32.3 Å². The number of hydrogen-bond donors (Lipinski definition) is 1. The first-order valence-electron chi connectivity index (χ1n) is 6.85. The van der Waals surface area contributed by atoms with E-state index >= 15 is 0 Å². The molecule has 0 amide bonds. The first-order valence-corrected chi connectivity index (χ1v) is 7.23. The molecule has 0 spiro atoms. The van der Waals surface area contributed by atoms with Crippen molar-refractivity contribution in [3.05, 3.63) is 34.6 Å². The van der Waals surface area contributed by atoms with E-state index in [0.717, 1.165) is 6.54 Å². The molecular weight excluding hydrogens is 281 g/mol. The molecule has 0 aliphatic heterocycles. The molecule has 1 aliphatic rings. The Morgan fingerprint density at radius 1 is 1.55 bits per heavy atom. The molecule has 1 N–H and O–H groups in total. The van der Waals surface area contributed by atoms with Gasteiger partial charge in [-0.25, -0.2) is 9.18 Å². The van der Waals surface area contributed by atoms with Crippen LogP contribution < -0.4 is 5.32 Å². The van der Waals surface area contributed by atoms with Crippen LogP contribution in [0.4, 0.5) is 4.39 Å². The third-order valence-corrected chi connectivity index (χ3v) is 3.91. The van der Waals surface area contributed by atoms with Crippen LogP contribution in [0.2, 0.25) is 5.02 Å². The Hall–Kier alpha value is -1.13. The van der Waals surface area contributed by atoms with Gasteiger partial charge in [0.15, 0.2) is 0 Å². The predicted octanol–water partition coefficient (Wildman–Crippen LogP) is 3.26. The minimum absolute atomic E-state index is 0.226. The normalized spacial score (nSPS) is 17.6. The van der Waals surface area contributed by atoms with Crippen molar-refractivity contribution < 1.29 is 13.9 Å². The van der Waals surface area contributed by atoms with Gasteiger partial charge in [-0.05, 0) is 51.3 Å². The van der Waals surface area contributed by atoms with Gasteiger partial charge in [0.05, 0.1) is 6.61 Å². The summed E-state index contributed by atoms with van der Waals surface area (Å²) < 4.78 is 18.3. The molecule has 1 saturated carbocycles. The highest BCUT2D eigenvalue weighted by Gasteiger charge is 2.39. The Morgan fingerprint density at radius 3 is 2.80 bits per heavy atom. The topological polar surface area (TPSA) is 38.3 Å². The molecule has 20 heavy (non-hydrogen) atoms. The van der Waals surface area contributed by atoms with Crippen molar-refractivity contribution in [3.8, 4) is 0 Å². The quantitative estimate of drug-likeness (QED) is 0.820. The van der Waals surface area contributed by atoms with Crippen molar-refractivity contribution in [1.29, 1.82) is 0 Å².